The molecule has 0 saturated heterocycles. The van der Waals surface area contributed by atoms with Gasteiger partial charge in [0.1, 0.15) is 5.60 Å². The molecule has 28 heavy (non-hydrogen) atoms. The first kappa shape index (κ1) is 21.8. The standard InChI is InChI=1S/C20H22F3N3OS/c1-3-24-18(26-14-19(2,27)17-9-11-28-13-17)25-10-5-7-15-6-4-8-16(12-15)20(21,22)23/h4,6,8-9,11-13,27H,3,10,14H2,1-2H3,(H2,24,25,26). The van der Waals surface area contributed by atoms with Crippen molar-refractivity contribution in [3.63, 3.8) is 0 Å². The molecule has 1 atom stereocenters. The van der Waals surface area contributed by atoms with Crippen molar-refractivity contribution in [2.24, 2.45) is 4.99 Å². The van der Waals surface area contributed by atoms with Gasteiger partial charge in [-0.15, -0.1) is 0 Å². The zero-order valence-corrected chi connectivity index (χ0v) is 16.4. The Kier molecular flexibility index (Phi) is 7.49. The molecule has 150 valence electrons. The molecule has 0 aliphatic carbocycles. The Balaban J connectivity index is 1.98. The highest BCUT2D eigenvalue weighted by Crippen LogP contribution is 2.29. The molecule has 0 spiro atoms. The predicted molar refractivity (Wildman–Crippen MR) is 106 cm³/mol. The summed E-state index contributed by atoms with van der Waals surface area (Å²) in [5.74, 6) is 5.96. The fourth-order valence-corrected chi connectivity index (χ4v) is 3.07. The maximum absolute atomic E-state index is 12.7. The largest absolute Gasteiger partial charge is 0.416 e. The second-order valence-corrected chi connectivity index (χ2v) is 6.99. The lowest BCUT2D eigenvalue weighted by atomic mass is 10.00. The number of aliphatic hydroxyl groups is 1. The van der Waals surface area contributed by atoms with Crippen LogP contribution in [0.1, 0.15) is 30.5 Å². The van der Waals surface area contributed by atoms with Crippen LogP contribution in [0.3, 0.4) is 0 Å². The molecule has 0 bridgehead atoms. The van der Waals surface area contributed by atoms with Crippen molar-refractivity contribution < 1.29 is 18.3 Å². The first-order valence-electron chi connectivity index (χ1n) is 8.66. The van der Waals surface area contributed by atoms with Crippen LogP contribution in [0.15, 0.2) is 46.1 Å². The number of halogens is 3. The molecular weight excluding hydrogens is 387 g/mol. The van der Waals surface area contributed by atoms with Crippen LogP contribution in [0.25, 0.3) is 0 Å². The molecular formula is C20H22F3N3OS. The summed E-state index contributed by atoms with van der Waals surface area (Å²) in [7, 11) is 0. The molecule has 1 aromatic heterocycles. The van der Waals surface area contributed by atoms with Crippen LogP contribution in [0.5, 0.6) is 0 Å². The van der Waals surface area contributed by atoms with Gasteiger partial charge >= 0.3 is 6.18 Å². The number of alkyl halides is 3. The number of guanidine groups is 1. The second-order valence-electron chi connectivity index (χ2n) is 6.21. The summed E-state index contributed by atoms with van der Waals surface area (Å²) in [4.78, 5) is 4.36. The van der Waals surface area contributed by atoms with Crippen molar-refractivity contribution in [2.45, 2.75) is 25.6 Å². The Labute approximate surface area is 166 Å². The Morgan fingerprint density at radius 2 is 2.00 bits per heavy atom. The van der Waals surface area contributed by atoms with Gasteiger partial charge in [-0.25, -0.2) is 4.99 Å². The summed E-state index contributed by atoms with van der Waals surface area (Å²) < 4.78 is 38.2. The molecule has 0 aliphatic rings. The van der Waals surface area contributed by atoms with Crippen molar-refractivity contribution in [3.8, 4) is 11.8 Å². The molecule has 2 aromatic rings. The number of hydrogen-bond acceptors (Lipinski definition) is 3. The van der Waals surface area contributed by atoms with E-state index in [0.29, 0.717) is 18.1 Å². The molecule has 1 unspecified atom stereocenters. The van der Waals surface area contributed by atoms with Crippen LogP contribution >= 0.6 is 11.3 Å². The molecule has 0 amide bonds. The molecule has 0 fully saturated rings. The lowest BCUT2D eigenvalue weighted by Crippen LogP contribution is -2.39. The van der Waals surface area contributed by atoms with E-state index in [4.69, 9.17) is 0 Å². The number of nitrogens with one attached hydrogen (secondary N) is 2. The van der Waals surface area contributed by atoms with Crippen molar-refractivity contribution in [1.82, 2.24) is 10.6 Å². The zero-order valence-electron chi connectivity index (χ0n) is 15.6. The Morgan fingerprint density at radius 3 is 2.64 bits per heavy atom. The van der Waals surface area contributed by atoms with Gasteiger partial charge in [0.2, 0.25) is 0 Å². The number of hydrogen-bond donors (Lipinski definition) is 3. The van der Waals surface area contributed by atoms with Gasteiger partial charge in [0.05, 0.1) is 18.7 Å². The lowest BCUT2D eigenvalue weighted by Gasteiger charge is -2.20. The van der Waals surface area contributed by atoms with E-state index in [1.807, 2.05) is 23.8 Å². The van der Waals surface area contributed by atoms with Gasteiger partial charge in [-0.1, -0.05) is 17.9 Å². The topological polar surface area (TPSA) is 56.7 Å². The van der Waals surface area contributed by atoms with Crippen LogP contribution in [-0.2, 0) is 11.8 Å². The van der Waals surface area contributed by atoms with Gasteiger partial charge in [0.25, 0.3) is 0 Å². The zero-order chi connectivity index (χ0) is 20.6. The maximum Gasteiger partial charge on any atom is 0.416 e. The van der Waals surface area contributed by atoms with Gasteiger partial charge in [-0.3, -0.25) is 0 Å². The minimum Gasteiger partial charge on any atom is -0.383 e. The van der Waals surface area contributed by atoms with E-state index >= 15 is 0 Å². The van der Waals surface area contributed by atoms with E-state index in [0.717, 1.165) is 17.7 Å². The Hall–Kier alpha value is -2.50. The molecule has 3 N–H and O–H groups in total. The molecule has 1 heterocycles. The van der Waals surface area contributed by atoms with E-state index in [1.54, 1.807) is 6.92 Å². The fraction of sp³-hybridized carbons (Fsp3) is 0.350. The molecule has 0 aliphatic heterocycles. The summed E-state index contributed by atoms with van der Waals surface area (Å²) in [5.41, 5.74) is -0.732. The first-order chi connectivity index (χ1) is 13.2. The average molecular weight is 409 g/mol. The van der Waals surface area contributed by atoms with Crippen molar-refractivity contribution in [1.29, 1.82) is 0 Å². The molecule has 2 rings (SSSR count). The highest BCUT2D eigenvalue weighted by Gasteiger charge is 2.30. The Morgan fingerprint density at radius 1 is 1.21 bits per heavy atom. The minimum atomic E-state index is -4.39. The number of nitrogens with zero attached hydrogens (tertiary/aromatic N) is 1. The van der Waals surface area contributed by atoms with Crippen LogP contribution in [0.4, 0.5) is 13.2 Å². The van der Waals surface area contributed by atoms with Gasteiger partial charge in [0, 0.05) is 12.1 Å². The fourth-order valence-electron chi connectivity index (χ4n) is 2.28. The average Bonchev–Trinajstić information content (AvgIpc) is 3.18. The molecule has 4 nitrogen and oxygen atoms in total. The van der Waals surface area contributed by atoms with E-state index in [1.165, 1.54) is 23.5 Å². The summed E-state index contributed by atoms with van der Waals surface area (Å²) in [6.45, 7) is 4.56. The van der Waals surface area contributed by atoms with Crippen LogP contribution < -0.4 is 10.6 Å². The van der Waals surface area contributed by atoms with Crippen molar-refractivity contribution in [3.05, 3.63) is 57.8 Å². The van der Waals surface area contributed by atoms with Gasteiger partial charge in [-0.05, 0) is 54.4 Å². The highest BCUT2D eigenvalue weighted by molar-refractivity contribution is 7.08. The second kappa shape index (κ2) is 9.62. The quantitative estimate of drug-likeness (QED) is 0.402. The monoisotopic (exact) mass is 409 g/mol. The number of aliphatic imine (C=N–C) groups is 1. The van der Waals surface area contributed by atoms with Gasteiger partial charge < -0.3 is 15.7 Å². The smallest absolute Gasteiger partial charge is 0.383 e. The predicted octanol–water partition coefficient (Wildman–Crippen LogP) is 3.58. The van der Waals surface area contributed by atoms with Gasteiger partial charge in [0.15, 0.2) is 5.96 Å². The third kappa shape index (κ3) is 6.59. The summed E-state index contributed by atoms with van der Waals surface area (Å²) in [6, 6.07) is 6.74. The normalized spacial score (nSPS) is 14.0. The molecule has 8 heteroatoms. The highest BCUT2D eigenvalue weighted by atomic mass is 32.1. The van der Waals surface area contributed by atoms with E-state index in [-0.39, 0.29) is 13.1 Å². The number of rotatable bonds is 5. The maximum atomic E-state index is 12.7. The number of thiophene rings is 1. The van der Waals surface area contributed by atoms with Crippen LogP contribution in [-0.4, -0.2) is 30.7 Å². The van der Waals surface area contributed by atoms with E-state index in [9.17, 15) is 18.3 Å². The van der Waals surface area contributed by atoms with E-state index in [2.05, 4.69) is 27.5 Å². The molecule has 0 radical (unpaired) electrons. The molecule has 1 aromatic carbocycles. The van der Waals surface area contributed by atoms with E-state index < -0.39 is 17.3 Å². The van der Waals surface area contributed by atoms with Crippen molar-refractivity contribution >= 4 is 17.3 Å². The number of benzene rings is 1. The summed E-state index contributed by atoms with van der Waals surface area (Å²) >= 11 is 1.50. The SMILES string of the molecule is CCNC(=NCC(C)(O)c1ccsc1)NCC#Cc1cccc(C(F)(F)F)c1. The first-order valence-corrected chi connectivity index (χ1v) is 9.60. The summed E-state index contributed by atoms with van der Waals surface area (Å²) in [6.07, 6.45) is -4.39. The molecule has 0 saturated carbocycles. The van der Waals surface area contributed by atoms with Crippen molar-refractivity contribution in [2.75, 3.05) is 19.6 Å². The van der Waals surface area contributed by atoms with Crippen LogP contribution in [0.2, 0.25) is 0 Å². The minimum absolute atomic E-state index is 0.153. The van der Waals surface area contributed by atoms with Crippen LogP contribution in [0, 0.1) is 11.8 Å². The Bertz CT molecular complexity index is 850. The third-order valence-electron chi connectivity index (χ3n) is 3.80. The third-order valence-corrected chi connectivity index (χ3v) is 4.48. The van der Waals surface area contributed by atoms with Gasteiger partial charge in [-0.2, -0.15) is 24.5 Å². The summed E-state index contributed by atoms with van der Waals surface area (Å²) in [5, 5.41) is 20.3. The lowest BCUT2D eigenvalue weighted by molar-refractivity contribution is -0.137.